The second kappa shape index (κ2) is 7.53. The fraction of sp³-hybridized carbons (Fsp3) is 0.286. The van der Waals surface area contributed by atoms with Gasteiger partial charge in [0.2, 0.25) is 0 Å². The molecule has 2 aromatic carbocycles. The van der Waals surface area contributed by atoms with Crippen molar-refractivity contribution < 1.29 is 9.90 Å². The SMILES string of the molecule is CCCNCc1c(C(=O)O)n(Cc2ccc(C)cc2)c2ccccc12. The highest BCUT2D eigenvalue weighted by Crippen LogP contribution is 2.27. The Hall–Kier alpha value is -2.59. The Labute approximate surface area is 148 Å². The number of aromatic carboxylic acids is 1. The highest BCUT2D eigenvalue weighted by molar-refractivity contribution is 5.98. The van der Waals surface area contributed by atoms with Crippen LogP contribution in [0.4, 0.5) is 0 Å². The molecule has 130 valence electrons. The van der Waals surface area contributed by atoms with E-state index in [0.717, 1.165) is 35.0 Å². The Balaban J connectivity index is 2.10. The summed E-state index contributed by atoms with van der Waals surface area (Å²) in [6.45, 7) is 6.14. The van der Waals surface area contributed by atoms with Crippen LogP contribution in [0.25, 0.3) is 10.9 Å². The summed E-state index contributed by atoms with van der Waals surface area (Å²) >= 11 is 0. The van der Waals surface area contributed by atoms with Crippen LogP contribution in [0.15, 0.2) is 48.5 Å². The van der Waals surface area contributed by atoms with Crippen LogP contribution in [0.3, 0.4) is 0 Å². The van der Waals surface area contributed by atoms with Crippen molar-refractivity contribution in [2.45, 2.75) is 33.4 Å². The van der Waals surface area contributed by atoms with Crippen molar-refractivity contribution in [1.82, 2.24) is 9.88 Å². The average molecular weight is 336 g/mol. The van der Waals surface area contributed by atoms with Crippen molar-refractivity contribution in [1.29, 1.82) is 0 Å². The molecule has 0 atom stereocenters. The predicted molar refractivity (Wildman–Crippen MR) is 101 cm³/mol. The Morgan fingerprint density at radius 2 is 1.84 bits per heavy atom. The number of carboxylic acid groups (broad SMARTS) is 1. The molecule has 0 saturated carbocycles. The van der Waals surface area contributed by atoms with Gasteiger partial charge in [-0.3, -0.25) is 0 Å². The number of aromatic nitrogens is 1. The van der Waals surface area contributed by atoms with Crippen LogP contribution in [-0.2, 0) is 13.1 Å². The van der Waals surface area contributed by atoms with Crippen LogP contribution in [0, 0.1) is 6.92 Å². The number of para-hydroxylation sites is 1. The number of fused-ring (bicyclic) bond motifs is 1. The maximum atomic E-state index is 12.0. The van der Waals surface area contributed by atoms with Gasteiger partial charge < -0.3 is 15.0 Å². The molecule has 0 aliphatic rings. The third-order valence-electron chi connectivity index (χ3n) is 4.47. The summed E-state index contributed by atoms with van der Waals surface area (Å²) in [6.07, 6.45) is 1.02. The van der Waals surface area contributed by atoms with Gasteiger partial charge in [-0.1, -0.05) is 55.0 Å². The molecule has 1 aromatic heterocycles. The molecular formula is C21H24N2O2. The Kier molecular flexibility index (Phi) is 5.19. The first kappa shape index (κ1) is 17.2. The third-order valence-corrected chi connectivity index (χ3v) is 4.47. The molecule has 3 rings (SSSR count). The van der Waals surface area contributed by atoms with E-state index in [4.69, 9.17) is 0 Å². The number of nitrogens with zero attached hydrogens (tertiary/aromatic N) is 1. The van der Waals surface area contributed by atoms with Gasteiger partial charge in [-0.25, -0.2) is 4.79 Å². The van der Waals surface area contributed by atoms with Crippen LogP contribution >= 0.6 is 0 Å². The molecule has 0 bridgehead atoms. The van der Waals surface area contributed by atoms with E-state index in [0.29, 0.717) is 18.8 Å². The number of aryl methyl sites for hydroxylation is 1. The normalized spacial score (nSPS) is 11.1. The van der Waals surface area contributed by atoms with Gasteiger partial charge in [-0.15, -0.1) is 0 Å². The zero-order valence-corrected chi connectivity index (χ0v) is 14.7. The summed E-state index contributed by atoms with van der Waals surface area (Å²) in [5, 5.41) is 14.2. The lowest BCUT2D eigenvalue weighted by Gasteiger charge is -2.10. The van der Waals surface area contributed by atoms with Gasteiger partial charge in [0, 0.05) is 29.6 Å². The number of carboxylic acids is 1. The van der Waals surface area contributed by atoms with Crippen molar-refractivity contribution in [2.24, 2.45) is 0 Å². The van der Waals surface area contributed by atoms with Gasteiger partial charge in [-0.05, 0) is 31.5 Å². The van der Waals surface area contributed by atoms with Crippen LogP contribution < -0.4 is 5.32 Å². The summed E-state index contributed by atoms with van der Waals surface area (Å²) in [6, 6.07) is 16.2. The van der Waals surface area contributed by atoms with E-state index < -0.39 is 5.97 Å². The van der Waals surface area contributed by atoms with Crippen LogP contribution in [0.1, 0.15) is 40.5 Å². The first-order valence-electron chi connectivity index (χ1n) is 8.71. The topological polar surface area (TPSA) is 54.3 Å². The van der Waals surface area contributed by atoms with E-state index in [9.17, 15) is 9.90 Å². The largest absolute Gasteiger partial charge is 0.477 e. The summed E-state index contributed by atoms with van der Waals surface area (Å²) in [4.78, 5) is 12.0. The zero-order valence-electron chi connectivity index (χ0n) is 14.7. The minimum Gasteiger partial charge on any atom is -0.477 e. The first-order valence-corrected chi connectivity index (χ1v) is 8.71. The van der Waals surface area contributed by atoms with Crippen molar-refractivity contribution in [3.8, 4) is 0 Å². The van der Waals surface area contributed by atoms with Crippen molar-refractivity contribution in [2.75, 3.05) is 6.54 Å². The summed E-state index contributed by atoms with van der Waals surface area (Å²) < 4.78 is 1.92. The lowest BCUT2D eigenvalue weighted by molar-refractivity contribution is 0.0685. The van der Waals surface area contributed by atoms with E-state index in [2.05, 4.69) is 43.4 Å². The molecule has 4 heteroatoms. The number of hydrogen-bond acceptors (Lipinski definition) is 2. The fourth-order valence-electron chi connectivity index (χ4n) is 3.23. The molecule has 0 aliphatic heterocycles. The molecule has 25 heavy (non-hydrogen) atoms. The van der Waals surface area contributed by atoms with Gasteiger partial charge in [0.05, 0.1) is 0 Å². The van der Waals surface area contributed by atoms with E-state index in [1.165, 1.54) is 5.56 Å². The molecule has 0 radical (unpaired) electrons. The summed E-state index contributed by atoms with van der Waals surface area (Å²) in [7, 11) is 0. The summed E-state index contributed by atoms with van der Waals surface area (Å²) in [5.74, 6) is -0.878. The van der Waals surface area contributed by atoms with E-state index in [1.54, 1.807) is 0 Å². The number of carbonyl (C=O) groups is 1. The number of hydrogen-bond donors (Lipinski definition) is 2. The van der Waals surface area contributed by atoms with Gasteiger partial charge in [-0.2, -0.15) is 0 Å². The quantitative estimate of drug-likeness (QED) is 0.636. The minimum absolute atomic E-state index is 0.380. The Morgan fingerprint density at radius 1 is 1.12 bits per heavy atom. The smallest absolute Gasteiger partial charge is 0.352 e. The maximum Gasteiger partial charge on any atom is 0.352 e. The second-order valence-corrected chi connectivity index (χ2v) is 6.40. The highest BCUT2D eigenvalue weighted by atomic mass is 16.4. The number of nitrogens with one attached hydrogen (secondary N) is 1. The first-order chi connectivity index (χ1) is 12.1. The molecule has 0 amide bonds. The predicted octanol–water partition coefficient (Wildman–Crippen LogP) is 4.20. The van der Waals surface area contributed by atoms with Gasteiger partial charge in [0.15, 0.2) is 0 Å². The van der Waals surface area contributed by atoms with Crippen molar-refractivity contribution in [3.63, 3.8) is 0 Å². The fourth-order valence-corrected chi connectivity index (χ4v) is 3.23. The van der Waals surface area contributed by atoms with Gasteiger partial charge in [0.1, 0.15) is 5.69 Å². The maximum absolute atomic E-state index is 12.0. The third kappa shape index (κ3) is 3.59. The van der Waals surface area contributed by atoms with Crippen molar-refractivity contribution >= 4 is 16.9 Å². The van der Waals surface area contributed by atoms with E-state index in [1.807, 2.05) is 28.8 Å². The molecule has 0 unspecified atom stereocenters. The zero-order chi connectivity index (χ0) is 17.8. The monoisotopic (exact) mass is 336 g/mol. The molecule has 1 heterocycles. The van der Waals surface area contributed by atoms with E-state index in [-0.39, 0.29) is 0 Å². The molecule has 0 fully saturated rings. The Bertz CT molecular complexity index is 879. The highest BCUT2D eigenvalue weighted by Gasteiger charge is 2.21. The van der Waals surface area contributed by atoms with Crippen LogP contribution in [-0.4, -0.2) is 22.2 Å². The molecule has 2 N–H and O–H groups in total. The lowest BCUT2D eigenvalue weighted by Crippen LogP contribution is -2.18. The average Bonchev–Trinajstić information content (AvgIpc) is 2.91. The Morgan fingerprint density at radius 3 is 2.52 bits per heavy atom. The lowest BCUT2D eigenvalue weighted by atomic mass is 10.1. The summed E-state index contributed by atoms with van der Waals surface area (Å²) in [5.41, 5.74) is 4.51. The molecule has 0 saturated heterocycles. The molecule has 4 nitrogen and oxygen atoms in total. The molecule has 0 spiro atoms. The van der Waals surface area contributed by atoms with Crippen LogP contribution in [0.2, 0.25) is 0 Å². The van der Waals surface area contributed by atoms with Crippen LogP contribution in [0.5, 0.6) is 0 Å². The number of rotatable bonds is 7. The standard InChI is InChI=1S/C21H24N2O2/c1-3-12-22-13-18-17-6-4-5-7-19(17)23(20(18)21(24)25)14-16-10-8-15(2)9-11-16/h4-11,22H,3,12-14H2,1-2H3,(H,24,25). The molecule has 3 aromatic rings. The van der Waals surface area contributed by atoms with Crippen molar-refractivity contribution in [3.05, 3.63) is 70.9 Å². The molecule has 0 aliphatic carbocycles. The number of benzene rings is 2. The molecular weight excluding hydrogens is 312 g/mol. The van der Waals surface area contributed by atoms with E-state index >= 15 is 0 Å². The van der Waals surface area contributed by atoms with Gasteiger partial charge >= 0.3 is 5.97 Å². The van der Waals surface area contributed by atoms with Gasteiger partial charge in [0.25, 0.3) is 0 Å². The second-order valence-electron chi connectivity index (χ2n) is 6.40. The minimum atomic E-state index is -0.878.